The van der Waals surface area contributed by atoms with Gasteiger partial charge in [-0.2, -0.15) is 0 Å². The Morgan fingerprint density at radius 3 is 1.63 bits per heavy atom. The zero-order valence-corrected chi connectivity index (χ0v) is 78.9. The number of phenols is 1. The number of carbonyl (C=O) groups is 17. The van der Waals surface area contributed by atoms with Crippen molar-refractivity contribution in [3.8, 4) is 5.75 Å². The number of primary amides is 2. The predicted octanol–water partition coefficient (Wildman–Crippen LogP) is -0.644. The van der Waals surface area contributed by atoms with Gasteiger partial charge in [0, 0.05) is 100.0 Å². The molecule has 3 fully saturated rings. The normalized spacial score (nSPS) is 25.3. The molecule has 0 radical (unpaired) electrons. The lowest BCUT2D eigenvalue weighted by molar-refractivity contribution is -0.149. The molecule has 22 N–H and O–H groups in total. The SMILES string of the molecule is CCCC[C@H]1C(=O)N(C)[C@@H](CCCC)C(=O)N[C@@H](CC(C)C)C(=O)N[C@H](C(=O)NCC(N)=O)CSCC(=O)N[C@@H](Cc2ccc(O)c(Br)c2)C(=O)N(C)[C@@H](C)C(=O)N[C@@H](CC(N)=O)C(=O)N2CCC[C@H]2C(=O)N[C@@H](CN)C(=O)N[C@@H](CC(C)C)C(=O)N2C[C@@H](O)CC[C@H]2C(=O)N[C@@H](Cc2c[nH]c3ccccc23)C(=O)N[C@@H](CCN)C(=O)N[C@@H](Cc2c[nH]c3ccccc23)C(=O)N1C. The largest absolute Gasteiger partial charge is 0.507 e. The number of unbranched alkanes of at least 4 members (excludes halogenated alkanes) is 2. The number of hydrogen-bond acceptors (Lipinski definition) is 22. The van der Waals surface area contributed by atoms with E-state index in [0.717, 1.165) is 26.5 Å². The molecular formula is C90H130BrN21O19S. The molecule has 42 heteroatoms. The number of aromatic nitrogens is 2. The number of para-hydroxylation sites is 2. The van der Waals surface area contributed by atoms with E-state index in [1.807, 2.05) is 26.0 Å². The fraction of sp³-hybridized carbons (Fsp3) is 0.567. The summed E-state index contributed by atoms with van der Waals surface area (Å²) < 4.78 is 0.211. The minimum Gasteiger partial charge on any atom is -0.507 e. The summed E-state index contributed by atoms with van der Waals surface area (Å²) in [6, 6.07) is -2.20. The number of amides is 17. The topological polar surface area (TPSA) is 603 Å². The number of aliphatic hydroxyl groups is 1. The van der Waals surface area contributed by atoms with E-state index in [0.29, 0.717) is 64.2 Å². The summed E-state index contributed by atoms with van der Waals surface area (Å²) in [6.45, 7) is 10.0. The van der Waals surface area contributed by atoms with Crippen LogP contribution in [-0.4, -0.2) is 301 Å². The van der Waals surface area contributed by atoms with Crippen molar-refractivity contribution in [2.75, 3.05) is 65.4 Å². The van der Waals surface area contributed by atoms with Crippen LogP contribution in [0.1, 0.15) is 155 Å². The van der Waals surface area contributed by atoms with Gasteiger partial charge in [-0.25, -0.2) is 0 Å². The quantitative estimate of drug-likeness (QED) is 0.0365. The van der Waals surface area contributed by atoms with Gasteiger partial charge in [-0.3, -0.25) is 81.5 Å². The van der Waals surface area contributed by atoms with Crippen LogP contribution in [0, 0.1) is 11.8 Å². The van der Waals surface area contributed by atoms with Crippen LogP contribution in [0.2, 0.25) is 0 Å². The van der Waals surface area contributed by atoms with Crippen LogP contribution in [0.4, 0.5) is 0 Å². The number of nitrogens with one attached hydrogen (secondary N) is 12. The second-order valence-electron chi connectivity index (χ2n) is 34.9. The Morgan fingerprint density at radius 1 is 0.530 bits per heavy atom. The molecule has 17 amide bonds. The first-order valence-electron chi connectivity index (χ1n) is 44.9. The monoisotopic (exact) mass is 1920 g/mol. The molecule has 0 unspecified atom stereocenters. The molecule has 8 rings (SSSR count). The Bertz CT molecular complexity index is 4950. The molecule has 0 bridgehead atoms. The third-order valence-electron chi connectivity index (χ3n) is 23.9. The molecule has 3 aliphatic rings. The number of carbonyl (C=O) groups excluding carboxylic acids is 17. The molecule has 0 saturated carbocycles. The Balaban J connectivity index is 1.19. The number of nitrogens with two attached hydrogens (primary N) is 4. The standard InChI is InChI=1S/C90H130BrN21O19S/c1-11-13-24-69-83(124)101-61(34-48(3)4)80(121)107-68(78(119)98-44-75(95)116)46-132-47-76(117)99-64(37-51-27-30-73(114)57(91)36-51)86(127)108(8)50(7)77(118)103-66(40-74(94)115)88(129)111-33-19-26-70(111)84(125)106-67(41-93)82(123)104-63(35-49(5)6)89(130)112-45-54(113)28-29-71(112)85(126)102-62(38-52-42-96-58-22-17-15-20-55(52)58)81(122)100-60(31-32-92)79(120)105-65(39-53-43-97-59-23-18-16-21-56(53)59)87(128)110(10)72(25-14-12-2)90(131)109(69)9/h15-18,20-23,27,30,36,42-43,48-50,54,60-72,96-97,113-114H,11-14,19,24-26,28-29,31-35,37-41,44-47,92-93H2,1-10H3,(H2,94,115)(H2,95,116)(H,98,119)(H,99,117)(H,100,122)(H,101,124)(H,102,126)(H,103,118)(H,104,123)(H,105,120)(H,106,125)(H,107,121)/t50-,54-,60-,61-,62-,63-,64-,65-,66-,67-,68-,69-,70-,71-,72-/m0/s1. The number of halogens is 1. The van der Waals surface area contributed by atoms with Gasteiger partial charge in [0.25, 0.3) is 0 Å². The zero-order valence-electron chi connectivity index (χ0n) is 76.5. The Morgan fingerprint density at radius 2 is 1.04 bits per heavy atom. The van der Waals surface area contributed by atoms with Crippen molar-refractivity contribution in [2.45, 2.75) is 248 Å². The number of hydrogen-bond donors (Lipinski definition) is 18. The molecule has 3 aromatic carbocycles. The van der Waals surface area contributed by atoms with Gasteiger partial charge in [0.1, 0.15) is 90.3 Å². The van der Waals surface area contributed by atoms with E-state index in [4.69, 9.17) is 22.9 Å². The molecule has 2 aromatic heterocycles. The molecule has 5 heterocycles. The number of piperidine rings is 1. The molecule has 15 atom stereocenters. The summed E-state index contributed by atoms with van der Waals surface area (Å²) in [6.07, 6.45) is 2.16. The zero-order chi connectivity index (χ0) is 97.1. The average molecular weight is 1920 g/mol. The highest BCUT2D eigenvalue weighted by Gasteiger charge is 2.46. The third kappa shape index (κ3) is 29.1. The predicted molar refractivity (Wildman–Crippen MR) is 496 cm³/mol. The van der Waals surface area contributed by atoms with Gasteiger partial charge in [-0.15, -0.1) is 11.8 Å². The van der Waals surface area contributed by atoms with Crippen molar-refractivity contribution in [3.05, 3.63) is 100 Å². The summed E-state index contributed by atoms with van der Waals surface area (Å²) in [7, 11) is 4.02. The molecule has 3 aliphatic heterocycles. The maximum Gasteiger partial charge on any atom is 0.246 e. The number of fused-ring (bicyclic) bond motifs is 4. The van der Waals surface area contributed by atoms with Crippen LogP contribution in [0.15, 0.2) is 83.6 Å². The van der Waals surface area contributed by atoms with Gasteiger partial charge >= 0.3 is 0 Å². The van der Waals surface area contributed by atoms with Gasteiger partial charge in [0.05, 0.1) is 29.3 Å². The summed E-state index contributed by atoms with van der Waals surface area (Å²) in [5.41, 5.74) is 26.5. The summed E-state index contributed by atoms with van der Waals surface area (Å²) in [4.78, 5) is 262. The Kier molecular flexibility index (Phi) is 40.2. The number of thioether (sulfide) groups is 1. The number of aromatic amines is 2. The average Bonchev–Trinajstić information content (AvgIpc) is 1.49. The number of likely N-dealkylation sites (N-methyl/N-ethyl adjacent to an activating group) is 3. The molecular weight excluding hydrogens is 1790 g/mol. The highest BCUT2D eigenvalue weighted by Crippen LogP contribution is 2.29. The Labute approximate surface area is 779 Å². The molecule has 40 nitrogen and oxygen atoms in total. The van der Waals surface area contributed by atoms with E-state index in [-0.39, 0.29) is 112 Å². The number of aliphatic hydroxyl groups excluding tert-OH is 1. The molecule has 5 aromatic rings. The van der Waals surface area contributed by atoms with E-state index >= 15 is 33.6 Å². The second-order valence-corrected chi connectivity index (χ2v) is 36.8. The van der Waals surface area contributed by atoms with E-state index < -0.39 is 229 Å². The molecule has 3 saturated heterocycles. The first-order chi connectivity index (χ1) is 62.7. The van der Waals surface area contributed by atoms with Crippen LogP contribution in [0.5, 0.6) is 5.75 Å². The maximum atomic E-state index is 15.8. The molecule has 0 spiro atoms. The van der Waals surface area contributed by atoms with Crippen LogP contribution in [-0.2, 0) is 101 Å². The fourth-order valence-corrected chi connectivity index (χ4v) is 17.8. The van der Waals surface area contributed by atoms with Crippen molar-refractivity contribution in [1.29, 1.82) is 0 Å². The van der Waals surface area contributed by atoms with E-state index in [2.05, 4.69) is 79.1 Å². The highest BCUT2D eigenvalue weighted by atomic mass is 79.9. The van der Waals surface area contributed by atoms with Gasteiger partial charge in [0.2, 0.25) is 100 Å². The van der Waals surface area contributed by atoms with Crippen LogP contribution in [0.25, 0.3) is 21.8 Å². The van der Waals surface area contributed by atoms with Crippen molar-refractivity contribution in [3.63, 3.8) is 0 Å². The van der Waals surface area contributed by atoms with Crippen molar-refractivity contribution in [1.82, 2.24) is 87.6 Å². The summed E-state index contributed by atoms with van der Waals surface area (Å²) in [5.74, 6) is -17.0. The van der Waals surface area contributed by atoms with Crippen molar-refractivity contribution < 1.29 is 91.7 Å². The number of nitrogens with zero attached hydrogens (tertiary/aromatic N) is 5. The molecule has 132 heavy (non-hydrogen) atoms. The fourth-order valence-electron chi connectivity index (χ4n) is 16.5. The number of H-pyrrole nitrogens is 2. The maximum absolute atomic E-state index is 15.8. The minimum absolute atomic E-state index is 0.00696. The lowest BCUT2D eigenvalue weighted by atomic mass is 9.95. The molecule has 722 valence electrons. The van der Waals surface area contributed by atoms with Gasteiger partial charge < -0.3 is 121 Å². The first-order valence-corrected chi connectivity index (χ1v) is 46.8. The van der Waals surface area contributed by atoms with Crippen LogP contribution >= 0.6 is 27.7 Å². The lowest BCUT2D eigenvalue weighted by Gasteiger charge is -2.40. The van der Waals surface area contributed by atoms with Crippen molar-refractivity contribution in [2.24, 2.45) is 34.8 Å². The number of aromatic hydroxyl groups is 1. The smallest absolute Gasteiger partial charge is 0.246 e. The Hall–Kier alpha value is -11.8. The summed E-state index contributed by atoms with van der Waals surface area (Å²) in [5, 5.41) is 50.0. The number of benzene rings is 3. The van der Waals surface area contributed by atoms with Gasteiger partial charge in [0.15, 0.2) is 0 Å². The van der Waals surface area contributed by atoms with Gasteiger partial charge in [-0.1, -0.05) is 110 Å². The van der Waals surface area contributed by atoms with Gasteiger partial charge in [-0.05, 0) is 140 Å². The number of phenolic OH excluding ortho intramolecular Hbond substituents is 1. The van der Waals surface area contributed by atoms with E-state index in [1.54, 1.807) is 76.5 Å². The van der Waals surface area contributed by atoms with E-state index in [1.165, 1.54) is 56.1 Å². The minimum atomic E-state index is -1.76. The van der Waals surface area contributed by atoms with E-state index in [9.17, 15) is 58.2 Å². The third-order valence-corrected chi connectivity index (χ3v) is 25.6. The second kappa shape index (κ2) is 50.2. The highest BCUT2D eigenvalue weighted by molar-refractivity contribution is 9.10. The first kappa shape index (κ1) is 106. The van der Waals surface area contributed by atoms with Crippen molar-refractivity contribution >= 4 is 150 Å². The van der Waals surface area contributed by atoms with Crippen LogP contribution in [0.3, 0.4) is 0 Å². The molecule has 0 aliphatic carbocycles. The number of rotatable bonds is 24. The van der Waals surface area contributed by atoms with Crippen LogP contribution < -0.4 is 76.1 Å². The lowest BCUT2D eigenvalue weighted by Crippen LogP contribution is -2.64. The summed E-state index contributed by atoms with van der Waals surface area (Å²) >= 11 is 4.07.